The van der Waals surface area contributed by atoms with Gasteiger partial charge in [-0.3, -0.25) is 0 Å². The molecular weight excluding hydrogens is 188 g/mol. The van der Waals surface area contributed by atoms with E-state index in [-0.39, 0.29) is 0 Å². The molecule has 15 heavy (non-hydrogen) atoms. The molecule has 1 radical (unpaired) electrons. The van der Waals surface area contributed by atoms with Crippen LogP contribution in [0.4, 0.5) is 0 Å². The van der Waals surface area contributed by atoms with Gasteiger partial charge in [0.1, 0.15) is 11.5 Å². The Morgan fingerprint density at radius 2 is 1.20 bits per heavy atom. The average Bonchev–Trinajstić information content (AvgIpc) is 2.63. The van der Waals surface area contributed by atoms with Crippen molar-refractivity contribution in [2.24, 2.45) is 0 Å². The highest BCUT2D eigenvalue weighted by molar-refractivity contribution is 5.31. The molecule has 0 unspecified atom stereocenters. The molecule has 0 aromatic rings. The predicted octanol–water partition coefficient (Wildman–Crippen LogP) is 3.16. The molecule has 2 rings (SSSR count). The van der Waals surface area contributed by atoms with Crippen molar-refractivity contribution in [2.75, 3.05) is 0 Å². The second kappa shape index (κ2) is 5.05. The molecule has 2 aliphatic heterocycles. The maximum absolute atomic E-state index is 5.34. The Morgan fingerprint density at radius 3 is 1.73 bits per heavy atom. The van der Waals surface area contributed by atoms with Crippen LogP contribution in [0.3, 0.4) is 0 Å². The summed E-state index contributed by atoms with van der Waals surface area (Å²) in [6.45, 7) is 0. The van der Waals surface area contributed by atoms with Crippen LogP contribution < -0.4 is 0 Å². The molecule has 0 atom stereocenters. The third-order valence-electron chi connectivity index (χ3n) is 1.82. The third-order valence-corrected chi connectivity index (χ3v) is 1.82. The van der Waals surface area contributed by atoms with Gasteiger partial charge in [0.25, 0.3) is 0 Å². The van der Waals surface area contributed by atoms with Crippen LogP contribution in [0.5, 0.6) is 0 Å². The van der Waals surface area contributed by atoms with Crippen LogP contribution in [0.1, 0.15) is 0 Å². The maximum Gasteiger partial charge on any atom is 0.115 e. The molecule has 0 aromatic heterocycles. The Labute approximate surface area is 89.2 Å². The van der Waals surface area contributed by atoms with Crippen LogP contribution in [0, 0.1) is 6.42 Å². The van der Waals surface area contributed by atoms with E-state index in [2.05, 4.69) is 0 Å². The molecule has 2 heteroatoms. The van der Waals surface area contributed by atoms with Crippen LogP contribution in [-0.2, 0) is 9.47 Å². The summed E-state index contributed by atoms with van der Waals surface area (Å²) in [6.07, 6.45) is 20.2. The van der Waals surface area contributed by atoms with Crippen LogP contribution in [0.25, 0.3) is 0 Å². The Hall–Kier alpha value is -1.96. The van der Waals surface area contributed by atoms with E-state index >= 15 is 0 Å². The first-order chi connectivity index (χ1) is 7.45. The van der Waals surface area contributed by atoms with Gasteiger partial charge in [0.05, 0.1) is 18.9 Å². The van der Waals surface area contributed by atoms with Gasteiger partial charge >= 0.3 is 0 Å². The second-order valence-corrected chi connectivity index (χ2v) is 2.94. The van der Waals surface area contributed by atoms with Gasteiger partial charge in [-0.05, 0) is 24.3 Å². The quantitative estimate of drug-likeness (QED) is 0.680. The first kappa shape index (κ1) is 9.59. The normalized spacial score (nSPS) is 18.4. The fourth-order valence-corrected chi connectivity index (χ4v) is 1.14. The Bertz CT molecular complexity index is 355. The van der Waals surface area contributed by atoms with E-state index in [0.717, 1.165) is 11.5 Å². The van der Waals surface area contributed by atoms with E-state index in [0.29, 0.717) is 0 Å². The number of ether oxygens (including phenoxy) is 2. The minimum atomic E-state index is 0.745. The van der Waals surface area contributed by atoms with Gasteiger partial charge in [-0.15, -0.1) is 0 Å². The summed E-state index contributed by atoms with van der Waals surface area (Å²) in [5.74, 6) is 1.49. The molecule has 2 aliphatic rings. The summed E-state index contributed by atoms with van der Waals surface area (Å²) in [7, 11) is 0. The Kier molecular flexibility index (Phi) is 3.23. The molecule has 0 saturated carbocycles. The molecule has 0 fully saturated rings. The summed E-state index contributed by atoms with van der Waals surface area (Å²) in [5.41, 5.74) is 0. The standard InChI is InChI=1S/C13H11O2/c1-3-7-12(14-9-5-1)11-13-8-4-2-6-10-15-13/h1-11H. The molecule has 0 aromatic carbocycles. The van der Waals surface area contributed by atoms with E-state index in [1.54, 1.807) is 12.5 Å². The average molecular weight is 199 g/mol. The fraction of sp³-hybridized carbons (Fsp3) is 0. The first-order valence-electron chi connectivity index (χ1n) is 4.70. The van der Waals surface area contributed by atoms with Crippen molar-refractivity contribution in [2.45, 2.75) is 0 Å². The van der Waals surface area contributed by atoms with Gasteiger partial charge in [-0.25, -0.2) is 0 Å². The summed E-state index contributed by atoms with van der Waals surface area (Å²) in [5, 5.41) is 0. The third kappa shape index (κ3) is 3.02. The monoisotopic (exact) mass is 199 g/mol. The SMILES string of the molecule is [CH](C1=CC=CC=CO1)C1=CC=CC=CO1. The van der Waals surface area contributed by atoms with Crippen molar-refractivity contribution in [1.29, 1.82) is 0 Å². The van der Waals surface area contributed by atoms with Crippen LogP contribution >= 0.6 is 0 Å². The molecule has 0 aliphatic carbocycles. The predicted molar refractivity (Wildman–Crippen MR) is 59.2 cm³/mol. The molecule has 75 valence electrons. The van der Waals surface area contributed by atoms with Crippen LogP contribution in [-0.4, -0.2) is 0 Å². The van der Waals surface area contributed by atoms with Crippen LogP contribution in [0.15, 0.2) is 72.7 Å². The zero-order valence-electron chi connectivity index (χ0n) is 8.17. The second-order valence-electron chi connectivity index (χ2n) is 2.94. The number of hydrogen-bond donors (Lipinski definition) is 0. The lowest BCUT2D eigenvalue weighted by atomic mass is 10.2. The van der Waals surface area contributed by atoms with Crippen molar-refractivity contribution in [3.05, 3.63) is 79.1 Å². The summed E-state index contributed by atoms with van der Waals surface area (Å²) in [6, 6.07) is 0. The topological polar surface area (TPSA) is 18.5 Å². The van der Waals surface area contributed by atoms with Crippen LogP contribution in [0.2, 0.25) is 0 Å². The highest BCUT2D eigenvalue weighted by Gasteiger charge is 2.04. The molecule has 0 bridgehead atoms. The first-order valence-corrected chi connectivity index (χ1v) is 4.70. The molecule has 0 N–H and O–H groups in total. The number of hydrogen-bond acceptors (Lipinski definition) is 2. The van der Waals surface area contributed by atoms with Crippen molar-refractivity contribution < 1.29 is 9.47 Å². The van der Waals surface area contributed by atoms with Crippen molar-refractivity contribution >= 4 is 0 Å². The Balaban J connectivity index is 2.02. The number of rotatable bonds is 2. The van der Waals surface area contributed by atoms with E-state index in [1.165, 1.54) is 0 Å². The lowest BCUT2D eigenvalue weighted by Gasteiger charge is -2.06. The van der Waals surface area contributed by atoms with E-state index in [1.807, 2.05) is 55.0 Å². The molecule has 2 nitrogen and oxygen atoms in total. The van der Waals surface area contributed by atoms with Crippen molar-refractivity contribution in [3.63, 3.8) is 0 Å². The van der Waals surface area contributed by atoms with Gasteiger partial charge in [-0.1, -0.05) is 24.3 Å². The van der Waals surface area contributed by atoms with E-state index < -0.39 is 0 Å². The van der Waals surface area contributed by atoms with E-state index in [4.69, 9.17) is 9.47 Å². The maximum atomic E-state index is 5.34. The van der Waals surface area contributed by atoms with Crippen molar-refractivity contribution in [1.82, 2.24) is 0 Å². The molecule has 0 amide bonds. The molecule has 0 spiro atoms. The summed E-state index contributed by atoms with van der Waals surface area (Å²) in [4.78, 5) is 0. The summed E-state index contributed by atoms with van der Waals surface area (Å²) < 4.78 is 10.7. The number of allylic oxidation sites excluding steroid dienone is 8. The van der Waals surface area contributed by atoms with Gasteiger partial charge in [0.2, 0.25) is 0 Å². The highest BCUT2D eigenvalue weighted by Crippen LogP contribution is 2.16. The van der Waals surface area contributed by atoms with Gasteiger partial charge in [-0.2, -0.15) is 0 Å². The van der Waals surface area contributed by atoms with Gasteiger partial charge in [0, 0.05) is 0 Å². The molecule has 0 saturated heterocycles. The van der Waals surface area contributed by atoms with Gasteiger partial charge in [0.15, 0.2) is 0 Å². The smallest absolute Gasteiger partial charge is 0.115 e. The van der Waals surface area contributed by atoms with Gasteiger partial charge < -0.3 is 9.47 Å². The molecular formula is C13H11O2. The lowest BCUT2D eigenvalue weighted by Crippen LogP contribution is -1.92. The molecule has 2 heterocycles. The summed E-state index contributed by atoms with van der Waals surface area (Å²) >= 11 is 0. The fourth-order valence-electron chi connectivity index (χ4n) is 1.14. The van der Waals surface area contributed by atoms with Crippen molar-refractivity contribution in [3.8, 4) is 0 Å². The highest BCUT2D eigenvalue weighted by atomic mass is 16.5. The minimum Gasteiger partial charge on any atom is -0.469 e. The minimum absolute atomic E-state index is 0.745. The lowest BCUT2D eigenvalue weighted by molar-refractivity contribution is 0.326. The van der Waals surface area contributed by atoms with E-state index in [9.17, 15) is 0 Å². The zero-order valence-corrected chi connectivity index (χ0v) is 8.17. The largest absolute Gasteiger partial charge is 0.469 e. The zero-order chi connectivity index (χ0) is 10.3. The Morgan fingerprint density at radius 1 is 0.667 bits per heavy atom.